The lowest BCUT2D eigenvalue weighted by Crippen LogP contribution is -2.32. The van der Waals surface area contributed by atoms with Crippen LogP contribution in [-0.2, 0) is 11.3 Å². The molecule has 1 saturated heterocycles. The second-order valence-corrected chi connectivity index (χ2v) is 5.01. The number of hydrogen-bond acceptors (Lipinski definition) is 6. The van der Waals surface area contributed by atoms with E-state index in [9.17, 15) is 0 Å². The van der Waals surface area contributed by atoms with Crippen molar-refractivity contribution in [2.45, 2.75) is 25.6 Å². The van der Waals surface area contributed by atoms with Gasteiger partial charge >= 0.3 is 0 Å². The first-order chi connectivity index (χ1) is 9.83. The van der Waals surface area contributed by atoms with E-state index in [2.05, 4.69) is 20.4 Å². The minimum absolute atomic E-state index is 0.255. The van der Waals surface area contributed by atoms with Gasteiger partial charge in [-0.25, -0.2) is 0 Å². The van der Waals surface area contributed by atoms with E-state index in [0.717, 1.165) is 25.9 Å². The highest BCUT2D eigenvalue weighted by molar-refractivity contribution is 6.32. The van der Waals surface area contributed by atoms with Crippen LogP contribution in [0, 0.1) is 0 Å². The number of nitrogens with zero attached hydrogens (tertiary/aromatic N) is 3. The fourth-order valence-corrected chi connectivity index (χ4v) is 2.32. The number of halogens is 1. The number of aromatic nitrogens is 3. The Bertz CT molecular complexity index is 569. The Labute approximate surface area is 121 Å². The summed E-state index contributed by atoms with van der Waals surface area (Å²) in [5, 5.41) is 7.68. The maximum atomic E-state index is 6.04. The summed E-state index contributed by atoms with van der Waals surface area (Å²) in [6.07, 6.45) is 3.91. The summed E-state index contributed by atoms with van der Waals surface area (Å²) in [4.78, 5) is 8.41. The van der Waals surface area contributed by atoms with Crippen LogP contribution in [0.1, 0.15) is 18.7 Å². The summed E-state index contributed by atoms with van der Waals surface area (Å²) in [6, 6.07) is 3.50. The second-order valence-electron chi connectivity index (χ2n) is 4.61. The van der Waals surface area contributed by atoms with E-state index in [1.807, 2.05) is 0 Å². The molecule has 1 aliphatic rings. The van der Waals surface area contributed by atoms with Crippen molar-refractivity contribution in [1.82, 2.24) is 20.4 Å². The van der Waals surface area contributed by atoms with Gasteiger partial charge in [0.2, 0.25) is 5.82 Å². The summed E-state index contributed by atoms with van der Waals surface area (Å²) in [5.41, 5.74) is 0.519. The SMILES string of the molecule is Clc1cccnc1-c1noc(COC2CCNCC2)n1. The Balaban J connectivity index is 1.63. The summed E-state index contributed by atoms with van der Waals surface area (Å²) in [5.74, 6) is 0.833. The summed E-state index contributed by atoms with van der Waals surface area (Å²) < 4.78 is 10.9. The molecular weight excluding hydrogens is 280 g/mol. The molecule has 0 amide bonds. The molecule has 0 aromatic carbocycles. The van der Waals surface area contributed by atoms with Crippen molar-refractivity contribution in [3.8, 4) is 11.5 Å². The van der Waals surface area contributed by atoms with E-state index >= 15 is 0 Å². The van der Waals surface area contributed by atoms with Gasteiger partial charge in [0.15, 0.2) is 0 Å². The van der Waals surface area contributed by atoms with E-state index in [1.165, 1.54) is 0 Å². The van der Waals surface area contributed by atoms with Crippen LogP contribution in [0.3, 0.4) is 0 Å². The van der Waals surface area contributed by atoms with E-state index in [4.69, 9.17) is 20.9 Å². The van der Waals surface area contributed by atoms with E-state index in [1.54, 1.807) is 18.3 Å². The van der Waals surface area contributed by atoms with Crippen molar-refractivity contribution in [2.75, 3.05) is 13.1 Å². The van der Waals surface area contributed by atoms with Crippen LogP contribution in [0.5, 0.6) is 0 Å². The smallest absolute Gasteiger partial charge is 0.253 e. The minimum atomic E-state index is 0.255. The predicted octanol–water partition coefficient (Wildman–Crippen LogP) is 2.05. The first-order valence-corrected chi connectivity index (χ1v) is 6.96. The molecule has 0 atom stereocenters. The molecule has 20 heavy (non-hydrogen) atoms. The molecule has 2 aromatic rings. The maximum absolute atomic E-state index is 6.04. The number of pyridine rings is 1. The predicted molar refractivity (Wildman–Crippen MR) is 73.2 cm³/mol. The number of piperidine rings is 1. The molecule has 6 nitrogen and oxygen atoms in total. The third-order valence-corrected chi connectivity index (χ3v) is 3.47. The fraction of sp³-hybridized carbons (Fsp3) is 0.462. The summed E-state index contributed by atoms with van der Waals surface area (Å²) in [7, 11) is 0. The van der Waals surface area contributed by atoms with Crippen LogP contribution in [-0.4, -0.2) is 34.3 Å². The molecular formula is C13H15ClN4O2. The van der Waals surface area contributed by atoms with Crippen molar-refractivity contribution in [1.29, 1.82) is 0 Å². The third-order valence-electron chi connectivity index (χ3n) is 3.17. The summed E-state index contributed by atoms with van der Waals surface area (Å²) >= 11 is 6.04. The molecule has 0 spiro atoms. The van der Waals surface area contributed by atoms with Crippen LogP contribution in [0.2, 0.25) is 5.02 Å². The maximum Gasteiger partial charge on any atom is 0.253 e. The quantitative estimate of drug-likeness (QED) is 0.930. The number of hydrogen-bond donors (Lipinski definition) is 1. The topological polar surface area (TPSA) is 73.1 Å². The van der Waals surface area contributed by atoms with Crippen molar-refractivity contribution in [3.05, 3.63) is 29.2 Å². The van der Waals surface area contributed by atoms with Gasteiger partial charge in [-0.3, -0.25) is 4.98 Å². The molecule has 0 radical (unpaired) electrons. The Kier molecular flexibility index (Phi) is 4.25. The second kappa shape index (κ2) is 6.30. The number of rotatable bonds is 4. The highest BCUT2D eigenvalue weighted by atomic mass is 35.5. The van der Waals surface area contributed by atoms with Gasteiger partial charge in [-0.1, -0.05) is 16.8 Å². The van der Waals surface area contributed by atoms with Gasteiger partial charge in [-0.2, -0.15) is 4.98 Å². The van der Waals surface area contributed by atoms with Crippen molar-refractivity contribution in [3.63, 3.8) is 0 Å². The van der Waals surface area contributed by atoms with Gasteiger partial charge in [0, 0.05) is 6.20 Å². The van der Waals surface area contributed by atoms with Crippen molar-refractivity contribution >= 4 is 11.6 Å². The molecule has 1 aliphatic heterocycles. The first-order valence-electron chi connectivity index (χ1n) is 6.59. The third kappa shape index (κ3) is 3.15. The monoisotopic (exact) mass is 294 g/mol. The number of ether oxygens (including phenoxy) is 1. The van der Waals surface area contributed by atoms with Crippen molar-refractivity contribution < 1.29 is 9.26 Å². The zero-order valence-electron chi connectivity index (χ0n) is 10.9. The molecule has 0 bridgehead atoms. The summed E-state index contributed by atoms with van der Waals surface area (Å²) in [6.45, 7) is 2.30. The lowest BCUT2D eigenvalue weighted by Gasteiger charge is -2.21. The normalized spacial score (nSPS) is 16.4. The first kappa shape index (κ1) is 13.5. The van der Waals surface area contributed by atoms with E-state index in [-0.39, 0.29) is 6.10 Å². The Hall–Kier alpha value is -1.50. The number of nitrogens with one attached hydrogen (secondary N) is 1. The molecule has 3 rings (SSSR count). The van der Waals surface area contributed by atoms with Crippen molar-refractivity contribution in [2.24, 2.45) is 0 Å². The van der Waals surface area contributed by atoms with E-state index in [0.29, 0.717) is 29.0 Å². The van der Waals surface area contributed by atoms with Crippen LogP contribution in [0.4, 0.5) is 0 Å². The molecule has 106 valence electrons. The lowest BCUT2D eigenvalue weighted by molar-refractivity contribution is 0.00859. The molecule has 1 N–H and O–H groups in total. The largest absolute Gasteiger partial charge is 0.368 e. The molecule has 3 heterocycles. The molecule has 2 aromatic heterocycles. The van der Waals surface area contributed by atoms with Crippen LogP contribution in [0.15, 0.2) is 22.9 Å². The van der Waals surface area contributed by atoms with Gasteiger partial charge in [-0.15, -0.1) is 0 Å². The average Bonchev–Trinajstić information content (AvgIpc) is 2.95. The van der Waals surface area contributed by atoms with Gasteiger partial charge in [0.25, 0.3) is 5.89 Å². The highest BCUT2D eigenvalue weighted by Gasteiger charge is 2.16. The van der Waals surface area contributed by atoms with Crippen LogP contribution in [0.25, 0.3) is 11.5 Å². The Morgan fingerprint density at radius 3 is 3.05 bits per heavy atom. The average molecular weight is 295 g/mol. The Morgan fingerprint density at radius 1 is 1.40 bits per heavy atom. The van der Waals surface area contributed by atoms with Gasteiger partial charge in [0.05, 0.1) is 11.1 Å². The molecule has 0 saturated carbocycles. The van der Waals surface area contributed by atoms with Gasteiger partial charge in [0.1, 0.15) is 12.3 Å². The van der Waals surface area contributed by atoms with E-state index < -0.39 is 0 Å². The fourth-order valence-electron chi connectivity index (χ4n) is 2.11. The van der Waals surface area contributed by atoms with Crippen LogP contribution >= 0.6 is 11.6 Å². The molecule has 7 heteroatoms. The lowest BCUT2D eigenvalue weighted by atomic mass is 10.1. The highest BCUT2D eigenvalue weighted by Crippen LogP contribution is 2.22. The standard InChI is InChI=1S/C13H15ClN4O2/c14-10-2-1-5-16-12(10)13-17-11(20-18-13)8-19-9-3-6-15-7-4-9/h1-2,5,9,15H,3-4,6-8H2. The zero-order valence-corrected chi connectivity index (χ0v) is 11.6. The molecule has 0 unspecified atom stereocenters. The van der Waals surface area contributed by atoms with Crippen LogP contribution < -0.4 is 5.32 Å². The Morgan fingerprint density at radius 2 is 2.25 bits per heavy atom. The molecule has 1 fully saturated rings. The molecule has 0 aliphatic carbocycles. The van der Waals surface area contributed by atoms with Gasteiger partial charge in [-0.05, 0) is 38.1 Å². The zero-order chi connectivity index (χ0) is 13.8. The van der Waals surface area contributed by atoms with Gasteiger partial charge < -0.3 is 14.6 Å². The minimum Gasteiger partial charge on any atom is -0.368 e.